The standard InChI is InChI=1S/C21H16FN3O3S2/c1-13-3-2-4-18-19(13)23-21(29-18)24-20(26)14-5-9-16(10-6-14)25-30(27,28)17-11-7-15(22)8-12-17/h2-12,25H,1H3,(H,23,24,26). The monoisotopic (exact) mass is 441 g/mol. The van der Waals surface area contributed by atoms with Crippen LogP contribution < -0.4 is 10.0 Å². The largest absolute Gasteiger partial charge is 0.298 e. The van der Waals surface area contributed by atoms with Gasteiger partial charge >= 0.3 is 0 Å². The predicted molar refractivity (Wildman–Crippen MR) is 116 cm³/mol. The van der Waals surface area contributed by atoms with Gasteiger partial charge in [-0.05, 0) is 67.1 Å². The van der Waals surface area contributed by atoms with Crippen LogP contribution >= 0.6 is 11.3 Å². The molecule has 3 aromatic carbocycles. The Hall–Kier alpha value is -3.30. The van der Waals surface area contributed by atoms with Crippen LogP contribution in [0.4, 0.5) is 15.2 Å². The summed E-state index contributed by atoms with van der Waals surface area (Å²) in [6.07, 6.45) is 0. The second-order valence-electron chi connectivity index (χ2n) is 6.53. The fourth-order valence-electron chi connectivity index (χ4n) is 2.83. The molecule has 0 spiro atoms. The molecule has 0 aliphatic rings. The van der Waals surface area contributed by atoms with E-state index in [1.807, 2.05) is 25.1 Å². The van der Waals surface area contributed by atoms with Crippen molar-refractivity contribution >= 4 is 48.3 Å². The molecule has 0 fully saturated rings. The van der Waals surface area contributed by atoms with E-state index in [0.29, 0.717) is 10.7 Å². The second-order valence-corrected chi connectivity index (χ2v) is 9.24. The van der Waals surface area contributed by atoms with E-state index in [4.69, 9.17) is 0 Å². The first-order chi connectivity index (χ1) is 14.3. The Morgan fingerprint density at radius 1 is 1.00 bits per heavy atom. The number of hydrogen-bond donors (Lipinski definition) is 2. The lowest BCUT2D eigenvalue weighted by molar-refractivity contribution is 0.102. The molecule has 2 N–H and O–H groups in total. The van der Waals surface area contributed by atoms with Gasteiger partial charge < -0.3 is 0 Å². The third kappa shape index (κ3) is 4.17. The maximum atomic E-state index is 13.0. The molecule has 0 aliphatic heterocycles. The zero-order valence-electron chi connectivity index (χ0n) is 15.7. The highest BCUT2D eigenvalue weighted by Gasteiger charge is 2.15. The van der Waals surface area contributed by atoms with Gasteiger partial charge in [-0.1, -0.05) is 23.5 Å². The first-order valence-corrected chi connectivity index (χ1v) is 11.2. The van der Waals surface area contributed by atoms with Crippen LogP contribution in [0, 0.1) is 12.7 Å². The number of benzene rings is 3. The highest BCUT2D eigenvalue weighted by molar-refractivity contribution is 7.92. The van der Waals surface area contributed by atoms with Gasteiger partial charge in [0, 0.05) is 11.3 Å². The van der Waals surface area contributed by atoms with Crippen molar-refractivity contribution < 1.29 is 17.6 Å². The maximum Gasteiger partial charge on any atom is 0.261 e. The van der Waals surface area contributed by atoms with Crippen molar-refractivity contribution in [3.8, 4) is 0 Å². The summed E-state index contributed by atoms with van der Waals surface area (Å²) in [5.74, 6) is -0.868. The molecule has 30 heavy (non-hydrogen) atoms. The van der Waals surface area contributed by atoms with Crippen LogP contribution in [-0.4, -0.2) is 19.3 Å². The van der Waals surface area contributed by atoms with Gasteiger partial charge in [-0.15, -0.1) is 0 Å². The molecule has 6 nitrogen and oxygen atoms in total. The van der Waals surface area contributed by atoms with Gasteiger partial charge in [0.2, 0.25) is 0 Å². The minimum Gasteiger partial charge on any atom is -0.298 e. The number of nitrogens with zero attached hydrogens (tertiary/aromatic N) is 1. The lowest BCUT2D eigenvalue weighted by atomic mass is 10.2. The normalized spacial score (nSPS) is 11.4. The van der Waals surface area contributed by atoms with Gasteiger partial charge in [-0.2, -0.15) is 0 Å². The Balaban J connectivity index is 1.47. The van der Waals surface area contributed by atoms with Crippen LogP contribution in [0.2, 0.25) is 0 Å². The van der Waals surface area contributed by atoms with Gasteiger partial charge in [0.15, 0.2) is 5.13 Å². The number of fused-ring (bicyclic) bond motifs is 1. The molecule has 152 valence electrons. The fourth-order valence-corrected chi connectivity index (χ4v) is 4.82. The Bertz CT molecular complexity index is 1330. The quantitative estimate of drug-likeness (QED) is 0.466. The molecule has 0 unspecified atom stereocenters. The van der Waals surface area contributed by atoms with Gasteiger partial charge in [0.05, 0.1) is 15.1 Å². The van der Waals surface area contributed by atoms with Gasteiger partial charge in [-0.3, -0.25) is 14.8 Å². The van der Waals surface area contributed by atoms with Crippen LogP contribution in [0.1, 0.15) is 15.9 Å². The molecule has 1 aromatic heterocycles. The number of aromatic nitrogens is 1. The zero-order valence-corrected chi connectivity index (χ0v) is 17.4. The summed E-state index contributed by atoms with van der Waals surface area (Å²) < 4.78 is 41.1. The van der Waals surface area contributed by atoms with E-state index >= 15 is 0 Å². The highest BCUT2D eigenvalue weighted by Crippen LogP contribution is 2.28. The molecule has 1 amide bonds. The van der Waals surface area contributed by atoms with Crippen LogP contribution in [0.3, 0.4) is 0 Å². The average molecular weight is 442 g/mol. The van der Waals surface area contributed by atoms with E-state index in [2.05, 4.69) is 15.0 Å². The second kappa shape index (κ2) is 7.85. The van der Waals surface area contributed by atoms with Crippen LogP contribution in [0.5, 0.6) is 0 Å². The number of nitrogens with one attached hydrogen (secondary N) is 2. The van der Waals surface area contributed by atoms with Crippen molar-refractivity contribution in [2.45, 2.75) is 11.8 Å². The maximum absolute atomic E-state index is 13.0. The van der Waals surface area contributed by atoms with Crippen molar-refractivity contribution in [2.24, 2.45) is 0 Å². The Labute approximate surface area is 176 Å². The molecular formula is C21H16FN3O3S2. The number of sulfonamides is 1. The Morgan fingerprint density at radius 2 is 1.70 bits per heavy atom. The number of rotatable bonds is 5. The van der Waals surface area contributed by atoms with Crippen LogP contribution in [0.25, 0.3) is 10.2 Å². The first-order valence-electron chi connectivity index (χ1n) is 8.88. The summed E-state index contributed by atoms with van der Waals surface area (Å²) in [5.41, 5.74) is 2.52. The average Bonchev–Trinajstić information content (AvgIpc) is 3.12. The first kappa shape index (κ1) is 20.0. The number of para-hydroxylation sites is 1. The lowest BCUT2D eigenvalue weighted by Gasteiger charge is -2.09. The number of carbonyl (C=O) groups is 1. The summed E-state index contributed by atoms with van der Waals surface area (Å²) in [4.78, 5) is 16.9. The third-order valence-electron chi connectivity index (χ3n) is 4.36. The number of hydrogen-bond acceptors (Lipinski definition) is 5. The zero-order chi connectivity index (χ0) is 21.3. The molecule has 0 saturated heterocycles. The summed E-state index contributed by atoms with van der Waals surface area (Å²) in [6.45, 7) is 1.96. The molecule has 4 aromatic rings. The van der Waals surface area contributed by atoms with E-state index in [9.17, 15) is 17.6 Å². The number of halogens is 1. The lowest BCUT2D eigenvalue weighted by Crippen LogP contribution is -2.14. The molecule has 9 heteroatoms. The SMILES string of the molecule is Cc1cccc2sc(NC(=O)c3ccc(NS(=O)(=O)c4ccc(F)cc4)cc3)nc12. The minimum absolute atomic E-state index is 0.0585. The van der Waals surface area contributed by atoms with Crippen molar-refractivity contribution in [3.05, 3.63) is 83.7 Å². The fraction of sp³-hybridized carbons (Fsp3) is 0.0476. The molecule has 4 rings (SSSR count). The van der Waals surface area contributed by atoms with Gasteiger partial charge in [-0.25, -0.2) is 17.8 Å². The van der Waals surface area contributed by atoms with E-state index in [1.165, 1.54) is 47.7 Å². The molecule has 0 aliphatic carbocycles. The molecule has 0 saturated carbocycles. The third-order valence-corrected chi connectivity index (χ3v) is 6.70. The number of amides is 1. The smallest absolute Gasteiger partial charge is 0.261 e. The number of thiazole rings is 1. The summed E-state index contributed by atoms with van der Waals surface area (Å²) in [6, 6.07) is 16.3. The molecule has 1 heterocycles. The van der Waals surface area contributed by atoms with Gasteiger partial charge in [0.1, 0.15) is 5.82 Å². The van der Waals surface area contributed by atoms with Crippen LogP contribution in [-0.2, 0) is 10.0 Å². The van der Waals surface area contributed by atoms with E-state index in [0.717, 1.165) is 27.9 Å². The van der Waals surface area contributed by atoms with Gasteiger partial charge in [0.25, 0.3) is 15.9 Å². The Kier molecular flexibility index (Phi) is 5.23. The highest BCUT2D eigenvalue weighted by atomic mass is 32.2. The predicted octanol–water partition coefficient (Wildman–Crippen LogP) is 4.80. The molecule has 0 atom stereocenters. The Morgan fingerprint density at radius 3 is 2.37 bits per heavy atom. The van der Waals surface area contributed by atoms with Crippen molar-refractivity contribution in [1.29, 1.82) is 0 Å². The summed E-state index contributed by atoms with van der Waals surface area (Å²) in [5, 5.41) is 3.26. The number of anilines is 2. The number of aryl methyl sites for hydroxylation is 1. The van der Waals surface area contributed by atoms with Crippen molar-refractivity contribution in [3.63, 3.8) is 0 Å². The molecule has 0 radical (unpaired) electrons. The van der Waals surface area contributed by atoms with Crippen LogP contribution in [0.15, 0.2) is 71.6 Å². The van der Waals surface area contributed by atoms with Crippen molar-refractivity contribution in [2.75, 3.05) is 10.0 Å². The van der Waals surface area contributed by atoms with Crippen molar-refractivity contribution in [1.82, 2.24) is 4.98 Å². The topological polar surface area (TPSA) is 88.2 Å². The van der Waals surface area contributed by atoms with E-state index < -0.39 is 15.8 Å². The molecular weight excluding hydrogens is 425 g/mol. The van der Waals surface area contributed by atoms with E-state index in [1.54, 1.807) is 0 Å². The van der Waals surface area contributed by atoms with E-state index in [-0.39, 0.29) is 16.5 Å². The summed E-state index contributed by atoms with van der Waals surface area (Å²) in [7, 11) is -3.86. The summed E-state index contributed by atoms with van der Waals surface area (Å²) >= 11 is 1.38. The minimum atomic E-state index is -3.86. The molecule has 0 bridgehead atoms. The number of carbonyl (C=O) groups excluding carboxylic acids is 1.